The third-order valence-corrected chi connectivity index (χ3v) is 13.8. The number of hydrogen-bond acceptors (Lipinski definition) is 15. The van der Waals surface area contributed by atoms with E-state index in [4.69, 9.17) is 154 Å². The van der Waals surface area contributed by atoms with Crippen LogP contribution in [0.4, 0.5) is 23.5 Å². The fraction of sp³-hybridized carbons (Fsp3) is 0.462. The Bertz CT molecular complexity index is 2550. The molecule has 0 aliphatic rings. The summed E-state index contributed by atoms with van der Waals surface area (Å²) >= 11 is 0. The summed E-state index contributed by atoms with van der Waals surface area (Å²) in [6, 6.07) is 9.84. The van der Waals surface area contributed by atoms with Crippen molar-refractivity contribution in [2.45, 2.75) is 86.2 Å². The lowest BCUT2D eigenvalue weighted by atomic mass is 8.29. The second-order valence-corrected chi connectivity index (χ2v) is 22.1. The summed E-state index contributed by atoms with van der Waals surface area (Å²) in [4.78, 5) is 66.1. The van der Waals surface area contributed by atoms with E-state index in [1.807, 2.05) is 58.0 Å². The number of aromatic nitrogens is 6. The van der Waals surface area contributed by atoms with Gasteiger partial charge in [-0.2, -0.15) is 19.6 Å². The zero-order valence-electron chi connectivity index (χ0n) is 52.1. The molecule has 0 spiro atoms. The van der Waals surface area contributed by atoms with E-state index in [1.165, 1.54) is 24.4 Å². The minimum Gasteiger partial charge on any atom is -0.460 e. The number of esters is 1. The number of carbonyl (C=O) groups is 2. The summed E-state index contributed by atoms with van der Waals surface area (Å²) in [6.45, 7) is 13.1. The van der Waals surface area contributed by atoms with Crippen LogP contribution in [0.3, 0.4) is 0 Å². The summed E-state index contributed by atoms with van der Waals surface area (Å²) < 4.78 is 5.27. The van der Waals surface area contributed by atoms with E-state index in [-0.39, 0.29) is 31.9 Å². The van der Waals surface area contributed by atoms with E-state index in [2.05, 4.69) is 63.4 Å². The molecule has 4 aromatic rings. The maximum Gasteiger partial charge on any atom is 0.373 e. The molecule has 0 unspecified atom stereocenters. The molecule has 4 rings (SSSR count). The van der Waals surface area contributed by atoms with Crippen LogP contribution in [0.5, 0.6) is 0 Å². The van der Waals surface area contributed by atoms with Crippen molar-refractivity contribution in [3.63, 3.8) is 0 Å². The number of ether oxygens (including phenoxy) is 1. The number of anilines is 4. The molecular weight excluding hydrogens is 1080 g/mol. The first-order valence-electron chi connectivity index (χ1n) is 29.3. The molecule has 0 aromatic carbocycles. The first-order valence-corrected chi connectivity index (χ1v) is 29.3. The van der Waals surface area contributed by atoms with E-state index < -0.39 is 108 Å². The predicted molar refractivity (Wildman–Crippen MR) is 415 cm³/mol. The molecule has 0 atom stereocenters. The quantitative estimate of drug-likeness (QED) is 0.0165. The Labute approximate surface area is 569 Å². The molecule has 0 aliphatic heterocycles. The van der Waals surface area contributed by atoms with Crippen molar-refractivity contribution in [2.24, 2.45) is 0 Å². The van der Waals surface area contributed by atoms with Gasteiger partial charge >= 0.3 is 12.1 Å². The molecule has 5 N–H and O–H groups in total. The molecule has 0 aliphatic carbocycles. The van der Waals surface area contributed by atoms with Crippen molar-refractivity contribution < 1.29 is 23.9 Å². The maximum atomic E-state index is 12.6. The summed E-state index contributed by atoms with van der Waals surface area (Å²) in [5, 5.41) is 15.7. The van der Waals surface area contributed by atoms with Crippen LogP contribution in [0.25, 0.3) is 0 Å². The Morgan fingerprint density at radius 2 is 0.933 bits per heavy atom. The van der Waals surface area contributed by atoms with Gasteiger partial charge in [0.2, 0.25) is 11.9 Å². The van der Waals surface area contributed by atoms with Crippen molar-refractivity contribution in [3.8, 4) is 0 Å². The molecule has 0 saturated carbocycles. The molecule has 4 heterocycles. The SMILES string of the molecule is C.CCCNc1ccnc(NCCc2ccncc2)n1.CCCNc1nc(NCCc2ccncc2)ncc1C(=O)NCCCC(=O)OC(C)(C)C.O=C=O.[B][B]B([B])B(B(B([B])[B])B([B])[B])B(B(B([B])[B])B([B])[B])B(B(B([B])[B])B([B])[B])B(B([B])[B])B([B])[B]. The first kappa shape index (κ1) is 86.3. The standard InChI is InChI=1S/C23H34N6O3.C14H19N5.CO2.CH4.B35/c1-5-11-25-20-18(21(31)26-12-6-7-19(30)32-23(2,3)4)16-28-22(29-20)27-15-10-17-8-13-24-14-9-17;1-2-7-16-13-6-11-18-14(19-13)17-10-5-12-3-8-15-9-4-12;2-1-3;;1-19-28(18)33(29(20(2)3)21(4)5)35(32(26(14)15)27(16)17)34(30(22(6)7)23(8)9)31(24(10)11)25(12)13/h8-9,13-14,16H,5-7,10-12,15H2,1-4H3,(H,26,31)(H2,25,27,28,29);3-4,6,8-9,11H,2,5,7,10H2,1H3,(H2,16,17,18,19);;1H4;. The van der Waals surface area contributed by atoms with Gasteiger partial charge in [-0.1, -0.05) is 21.3 Å². The molecule has 1 amide bonds. The number of hydrogen-bond donors (Lipinski definition) is 5. The molecule has 403 valence electrons. The van der Waals surface area contributed by atoms with Gasteiger partial charge in [-0.15, -0.1) is 0 Å². The van der Waals surface area contributed by atoms with Crippen LogP contribution in [-0.4, -0.2) is 335 Å². The Morgan fingerprint density at radius 3 is 1.33 bits per heavy atom. The average Bonchev–Trinajstić information content (AvgIpc) is 0.843. The largest absolute Gasteiger partial charge is 0.460 e. The summed E-state index contributed by atoms with van der Waals surface area (Å²) in [5.74, 6) is 1.91. The van der Waals surface area contributed by atoms with Crippen LogP contribution in [0.2, 0.25) is 0 Å². The van der Waals surface area contributed by atoms with Crippen molar-refractivity contribution in [1.82, 2.24) is 35.2 Å². The van der Waals surface area contributed by atoms with Crippen molar-refractivity contribution >= 4 is 290 Å². The van der Waals surface area contributed by atoms with Gasteiger partial charge < -0.3 is 31.3 Å². The minimum absolute atomic E-state index is 0. The minimum atomic E-state index is -1.13. The molecule has 16 nitrogen and oxygen atoms in total. The smallest absolute Gasteiger partial charge is 0.373 e. The van der Waals surface area contributed by atoms with Gasteiger partial charge in [0, 0.05) is 325 Å². The Kier molecular flexibility index (Phi) is 45.2. The molecule has 0 fully saturated rings. The summed E-state index contributed by atoms with van der Waals surface area (Å²) in [7, 11) is 112. The monoisotopic (exact) mass is 1140 g/mol. The molecule has 4 aromatic heterocycles. The first-order chi connectivity index (χ1) is 42.0. The highest BCUT2D eigenvalue weighted by molar-refractivity contribution is 8.30. The number of rotatable bonds is 35. The Hall–Kier alpha value is -3.75. The maximum absolute atomic E-state index is 12.6. The van der Waals surface area contributed by atoms with Crippen LogP contribution in [0.15, 0.2) is 67.5 Å². The number of pyridine rings is 2. The zero-order valence-corrected chi connectivity index (χ0v) is 52.1. The number of nitrogens with zero attached hydrogens (tertiary/aromatic N) is 6. The zero-order chi connectivity index (χ0) is 67.4. The summed E-state index contributed by atoms with van der Waals surface area (Å²) in [5.41, 5.74) is 2.28. The fourth-order valence-corrected chi connectivity index (χ4v) is 9.98. The van der Waals surface area contributed by atoms with Gasteiger partial charge in [-0.05, 0) is 94.3 Å². The highest BCUT2D eigenvalue weighted by atomic mass is 16.6. The van der Waals surface area contributed by atoms with E-state index in [0.717, 1.165) is 44.6 Å². The number of nitrogens with one attached hydrogen (secondary N) is 5. The van der Waals surface area contributed by atoms with Gasteiger partial charge in [0.1, 0.15) is 22.8 Å². The third kappa shape index (κ3) is 32.9. The Morgan fingerprint density at radius 1 is 0.533 bits per heavy atom. The molecular formula is C39H57B35N11O5. The number of carbonyl (C=O) groups excluding carboxylic acids is 4. The van der Waals surface area contributed by atoms with Crippen molar-refractivity contribution in [3.05, 3.63) is 84.2 Å². The van der Waals surface area contributed by atoms with Gasteiger partial charge in [0.05, 0.1) is 0 Å². The van der Waals surface area contributed by atoms with E-state index in [9.17, 15) is 9.59 Å². The Balaban J connectivity index is 0.00000133. The lowest BCUT2D eigenvalue weighted by molar-refractivity contribution is -0.191. The molecule has 37 radical (unpaired) electrons. The lowest BCUT2D eigenvalue weighted by Crippen LogP contribution is -2.90. The highest BCUT2D eigenvalue weighted by Gasteiger charge is 2.54. The van der Waals surface area contributed by atoms with Crippen LogP contribution in [0.1, 0.15) is 89.2 Å². The van der Waals surface area contributed by atoms with E-state index in [1.54, 1.807) is 31.0 Å². The van der Waals surface area contributed by atoms with Gasteiger partial charge in [0.15, 0.2) is 0 Å². The number of amides is 1. The van der Waals surface area contributed by atoms with Gasteiger partial charge in [0.25, 0.3) is 5.91 Å². The summed E-state index contributed by atoms with van der Waals surface area (Å²) in [6.07, 6.45) is -1.25. The molecule has 0 bridgehead atoms. The van der Waals surface area contributed by atoms with Crippen LogP contribution >= 0.6 is 0 Å². The van der Waals surface area contributed by atoms with Crippen LogP contribution in [0, 0.1) is 0 Å². The van der Waals surface area contributed by atoms with Gasteiger partial charge in [-0.25, -0.2) is 9.97 Å². The van der Waals surface area contributed by atoms with Crippen LogP contribution < -0.4 is 26.6 Å². The lowest BCUT2D eigenvalue weighted by Gasteiger charge is -2.52. The third-order valence-electron chi connectivity index (χ3n) is 13.8. The van der Waals surface area contributed by atoms with Crippen LogP contribution in [-0.2, 0) is 32.0 Å². The van der Waals surface area contributed by atoms with Gasteiger partial charge in [-0.3, -0.25) is 19.6 Å². The topological polar surface area (TPSA) is 215 Å². The normalized spacial score (nSPS) is 9.83. The van der Waals surface area contributed by atoms with E-state index >= 15 is 0 Å². The van der Waals surface area contributed by atoms with Crippen molar-refractivity contribution in [1.29, 1.82) is 0 Å². The second-order valence-electron chi connectivity index (χ2n) is 22.1. The van der Waals surface area contributed by atoms with E-state index in [0.29, 0.717) is 49.3 Å². The fourth-order valence-electron chi connectivity index (χ4n) is 9.98. The highest BCUT2D eigenvalue weighted by Crippen LogP contribution is 2.18. The second kappa shape index (κ2) is 47.2. The average molecular weight is 1140 g/mol. The molecule has 0 saturated heterocycles. The predicted octanol–water partition coefficient (Wildman–Crippen LogP) is -7.73. The molecule has 51 heteroatoms. The molecule has 90 heavy (non-hydrogen) atoms. The van der Waals surface area contributed by atoms with Crippen molar-refractivity contribution in [2.75, 3.05) is 54.0 Å².